The van der Waals surface area contributed by atoms with Crippen LogP contribution in [-0.4, -0.2) is 21.4 Å². The van der Waals surface area contributed by atoms with Crippen molar-refractivity contribution in [3.05, 3.63) is 93.8 Å². The van der Waals surface area contributed by atoms with Gasteiger partial charge in [0.15, 0.2) is 0 Å². The van der Waals surface area contributed by atoms with E-state index < -0.39 is 17.5 Å². The van der Waals surface area contributed by atoms with Crippen LogP contribution in [0.5, 0.6) is 5.75 Å². The van der Waals surface area contributed by atoms with E-state index in [0.29, 0.717) is 16.5 Å². The lowest BCUT2D eigenvalue weighted by Gasteiger charge is -2.08. The average Bonchev–Trinajstić information content (AvgIpc) is 3.11. The largest absolute Gasteiger partial charge is 0.506 e. The maximum Gasteiger partial charge on any atom is 0.296 e. The minimum Gasteiger partial charge on any atom is -0.506 e. The number of anilines is 1. The molecule has 156 valence electrons. The molecule has 0 unspecified atom stereocenters. The average molecular weight is 457 g/mol. The molecule has 4 aromatic rings. The molecule has 5 nitrogen and oxygen atoms in total. The molecule has 0 saturated heterocycles. The monoisotopic (exact) mass is 456 g/mol. The van der Waals surface area contributed by atoms with Gasteiger partial charge in [0.1, 0.15) is 11.6 Å². The molecule has 1 aromatic heterocycles. The van der Waals surface area contributed by atoms with Gasteiger partial charge in [-0.25, -0.2) is 4.39 Å². The van der Waals surface area contributed by atoms with Crippen molar-refractivity contribution in [2.24, 2.45) is 0 Å². The third kappa shape index (κ3) is 4.00. The van der Waals surface area contributed by atoms with E-state index in [1.165, 1.54) is 35.0 Å². The Morgan fingerprint density at radius 1 is 0.968 bits per heavy atom. The number of rotatable bonds is 5. The topological polar surface area (TPSA) is 71.3 Å². The van der Waals surface area contributed by atoms with Crippen LogP contribution in [0.3, 0.4) is 0 Å². The summed E-state index contributed by atoms with van der Waals surface area (Å²) in [6, 6.07) is 15.5. The van der Waals surface area contributed by atoms with Crippen molar-refractivity contribution < 1.29 is 19.1 Å². The summed E-state index contributed by atoms with van der Waals surface area (Å²) in [5, 5.41) is 13.6. The highest BCUT2D eigenvalue weighted by atomic mass is 35.5. The summed E-state index contributed by atoms with van der Waals surface area (Å²) in [5.41, 5.74) is 0.872. The summed E-state index contributed by atoms with van der Waals surface area (Å²) in [6.45, 7) is 0.0615. The molecule has 3 aromatic carbocycles. The number of phenolic OH excluding ortho intramolecular Hbond substituents is 1. The fourth-order valence-corrected chi connectivity index (χ4v) is 3.86. The third-order valence-electron chi connectivity index (χ3n) is 4.83. The van der Waals surface area contributed by atoms with Crippen molar-refractivity contribution in [1.29, 1.82) is 0 Å². The number of aromatic nitrogens is 1. The quantitative estimate of drug-likeness (QED) is 0.300. The second kappa shape index (κ2) is 8.41. The summed E-state index contributed by atoms with van der Waals surface area (Å²) in [6.07, 6.45) is 1.42. The van der Waals surface area contributed by atoms with Gasteiger partial charge < -0.3 is 15.0 Å². The number of phenols is 1. The van der Waals surface area contributed by atoms with Gasteiger partial charge in [0.05, 0.1) is 33.4 Å². The standard InChI is InChI=1S/C23H15Cl2FN2O3/c24-16-7-4-8-17(25)20(16)27-23(31)22(30)15-12-28(11-13-5-1-2-9-18(13)26)21-14(15)6-3-10-19(21)29/h1-10,12,29H,11H2,(H,27,31). The van der Waals surface area contributed by atoms with Gasteiger partial charge in [-0.05, 0) is 24.3 Å². The summed E-state index contributed by atoms with van der Waals surface area (Å²) in [4.78, 5) is 25.6. The molecule has 8 heteroatoms. The first-order valence-corrected chi connectivity index (χ1v) is 9.96. The first kappa shape index (κ1) is 20.9. The van der Waals surface area contributed by atoms with Crippen LogP contribution >= 0.6 is 23.2 Å². The molecule has 2 N–H and O–H groups in total. The summed E-state index contributed by atoms with van der Waals surface area (Å²) >= 11 is 12.1. The van der Waals surface area contributed by atoms with Crippen molar-refractivity contribution in [2.75, 3.05) is 5.32 Å². The number of halogens is 3. The number of Topliss-reactive ketones (excluding diaryl/α,β-unsaturated/α-hetero) is 1. The van der Waals surface area contributed by atoms with Crippen LogP contribution in [-0.2, 0) is 11.3 Å². The minimum absolute atomic E-state index is 0.0583. The van der Waals surface area contributed by atoms with Gasteiger partial charge in [0, 0.05) is 17.1 Å². The van der Waals surface area contributed by atoms with Gasteiger partial charge in [0.25, 0.3) is 11.7 Å². The van der Waals surface area contributed by atoms with Crippen LogP contribution < -0.4 is 5.32 Å². The van der Waals surface area contributed by atoms with E-state index in [4.69, 9.17) is 23.2 Å². The number of carbonyl (C=O) groups is 2. The number of carbonyl (C=O) groups excluding carboxylic acids is 2. The molecular formula is C23H15Cl2FN2O3. The lowest BCUT2D eigenvalue weighted by Crippen LogP contribution is -2.23. The number of ketones is 1. The Labute approximate surface area is 186 Å². The molecule has 0 aliphatic carbocycles. The molecular weight excluding hydrogens is 442 g/mol. The Kier molecular flexibility index (Phi) is 5.67. The molecule has 0 aliphatic rings. The van der Waals surface area contributed by atoms with E-state index in [2.05, 4.69) is 5.32 Å². The zero-order chi connectivity index (χ0) is 22.1. The Bertz CT molecular complexity index is 1310. The van der Waals surface area contributed by atoms with Crippen molar-refractivity contribution in [1.82, 2.24) is 4.57 Å². The van der Waals surface area contributed by atoms with E-state index in [1.54, 1.807) is 36.4 Å². The van der Waals surface area contributed by atoms with Crippen LogP contribution in [0.2, 0.25) is 10.0 Å². The van der Waals surface area contributed by atoms with E-state index in [0.717, 1.165) is 0 Å². The van der Waals surface area contributed by atoms with Crippen LogP contribution in [0.25, 0.3) is 10.9 Å². The fourth-order valence-electron chi connectivity index (χ4n) is 3.37. The maximum atomic E-state index is 14.2. The highest BCUT2D eigenvalue weighted by Gasteiger charge is 2.24. The molecule has 0 spiro atoms. The Balaban J connectivity index is 1.74. The zero-order valence-electron chi connectivity index (χ0n) is 15.9. The van der Waals surface area contributed by atoms with E-state index >= 15 is 0 Å². The first-order chi connectivity index (χ1) is 14.9. The Morgan fingerprint density at radius 3 is 2.35 bits per heavy atom. The Hall–Kier alpha value is -3.35. The van der Waals surface area contributed by atoms with E-state index in [1.807, 2.05) is 0 Å². The number of aromatic hydroxyl groups is 1. The number of para-hydroxylation sites is 2. The first-order valence-electron chi connectivity index (χ1n) is 9.20. The molecule has 1 amide bonds. The van der Waals surface area contributed by atoms with Gasteiger partial charge in [-0.2, -0.15) is 0 Å². The second-order valence-electron chi connectivity index (χ2n) is 6.82. The number of benzene rings is 3. The fraction of sp³-hybridized carbons (Fsp3) is 0.0435. The van der Waals surface area contributed by atoms with Crippen molar-refractivity contribution in [2.45, 2.75) is 6.54 Å². The molecule has 31 heavy (non-hydrogen) atoms. The predicted molar refractivity (Wildman–Crippen MR) is 119 cm³/mol. The zero-order valence-corrected chi connectivity index (χ0v) is 17.4. The highest BCUT2D eigenvalue weighted by molar-refractivity contribution is 6.50. The SMILES string of the molecule is O=C(Nc1c(Cl)cccc1Cl)C(=O)c1cn(Cc2ccccc2F)c2c(O)cccc12. The number of hydrogen-bond donors (Lipinski definition) is 2. The summed E-state index contributed by atoms with van der Waals surface area (Å²) in [5.74, 6) is -2.30. The highest BCUT2D eigenvalue weighted by Crippen LogP contribution is 2.32. The molecule has 0 saturated carbocycles. The molecule has 0 fully saturated rings. The molecule has 0 atom stereocenters. The number of hydrogen-bond acceptors (Lipinski definition) is 3. The van der Waals surface area contributed by atoms with Gasteiger partial charge in [0.2, 0.25) is 0 Å². The van der Waals surface area contributed by atoms with Crippen molar-refractivity contribution >= 4 is 51.5 Å². The van der Waals surface area contributed by atoms with Crippen molar-refractivity contribution in [3.63, 3.8) is 0 Å². The number of nitrogens with zero attached hydrogens (tertiary/aromatic N) is 1. The minimum atomic E-state index is -0.941. The molecule has 4 rings (SSSR count). The lowest BCUT2D eigenvalue weighted by atomic mass is 10.1. The van der Waals surface area contributed by atoms with Gasteiger partial charge in [-0.1, -0.05) is 59.6 Å². The van der Waals surface area contributed by atoms with Crippen LogP contribution in [0, 0.1) is 5.82 Å². The van der Waals surface area contributed by atoms with Crippen LogP contribution in [0.4, 0.5) is 10.1 Å². The lowest BCUT2D eigenvalue weighted by molar-refractivity contribution is -0.112. The number of nitrogens with one attached hydrogen (secondary N) is 1. The van der Waals surface area contributed by atoms with Gasteiger partial charge in [-0.3, -0.25) is 9.59 Å². The smallest absolute Gasteiger partial charge is 0.296 e. The Morgan fingerprint density at radius 2 is 1.65 bits per heavy atom. The third-order valence-corrected chi connectivity index (χ3v) is 5.46. The van der Waals surface area contributed by atoms with Gasteiger partial charge in [-0.15, -0.1) is 0 Å². The van der Waals surface area contributed by atoms with Crippen molar-refractivity contribution in [3.8, 4) is 5.75 Å². The summed E-state index contributed by atoms with van der Waals surface area (Å²) in [7, 11) is 0. The van der Waals surface area contributed by atoms with Gasteiger partial charge >= 0.3 is 0 Å². The van der Waals surface area contributed by atoms with Crippen LogP contribution in [0.1, 0.15) is 15.9 Å². The molecule has 0 radical (unpaired) electrons. The summed E-state index contributed by atoms with van der Waals surface area (Å²) < 4.78 is 15.7. The maximum absolute atomic E-state index is 14.2. The molecule has 1 heterocycles. The molecule has 0 aliphatic heterocycles. The second-order valence-corrected chi connectivity index (χ2v) is 7.63. The van der Waals surface area contributed by atoms with E-state index in [9.17, 15) is 19.1 Å². The molecule has 0 bridgehead atoms. The van der Waals surface area contributed by atoms with Crippen LogP contribution in [0.15, 0.2) is 66.9 Å². The predicted octanol–water partition coefficient (Wildman–Crippen LogP) is 5.66. The van der Waals surface area contributed by atoms with E-state index in [-0.39, 0.29) is 33.6 Å². The number of amides is 1. The normalized spacial score (nSPS) is 10.9. The number of fused-ring (bicyclic) bond motifs is 1.